The monoisotopic (exact) mass is 252 g/mol. The van der Waals surface area contributed by atoms with Gasteiger partial charge in [-0.1, -0.05) is 0 Å². The Labute approximate surface area is 109 Å². The summed E-state index contributed by atoms with van der Waals surface area (Å²) in [7, 11) is 0. The van der Waals surface area contributed by atoms with E-state index in [9.17, 15) is 0 Å². The highest BCUT2D eigenvalue weighted by Crippen LogP contribution is 2.35. The van der Waals surface area contributed by atoms with Crippen molar-refractivity contribution in [1.29, 1.82) is 0 Å². The predicted molar refractivity (Wildman–Crippen MR) is 75.4 cm³/mol. The normalized spacial score (nSPS) is 18.0. The molecule has 96 valence electrons. The molecule has 1 aliphatic rings. The van der Waals surface area contributed by atoms with E-state index in [-0.39, 0.29) is 0 Å². The molecule has 1 unspecified atom stereocenters. The third-order valence-electron chi connectivity index (χ3n) is 3.66. The van der Waals surface area contributed by atoms with Crippen molar-refractivity contribution in [2.24, 2.45) is 11.7 Å². The third kappa shape index (κ3) is 3.09. The molecule has 2 rings (SSSR count). The Bertz CT molecular complexity index is 355. The number of aryl methyl sites for hydroxylation is 1. The minimum absolute atomic E-state index is 0.413. The van der Waals surface area contributed by atoms with Gasteiger partial charge >= 0.3 is 0 Å². The fraction of sp³-hybridized carbons (Fsp3) is 0.714. The Hall–Kier alpha value is -0.380. The van der Waals surface area contributed by atoms with Gasteiger partial charge in [-0.3, -0.25) is 4.90 Å². The van der Waals surface area contributed by atoms with Crippen molar-refractivity contribution in [3.63, 3.8) is 0 Å². The van der Waals surface area contributed by atoms with E-state index in [1.807, 2.05) is 11.3 Å². The molecule has 0 spiro atoms. The van der Waals surface area contributed by atoms with Gasteiger partial charge in [0.1, 0.15) is 0 Å². The molecule has 0 radical (unpaired) electrons. The molecule has 0 aromatic carbocycles. The highest BCUT2D eigenvalue weighted by molar-refractivity contribution is 7.10. The van der Waals surface area contributed by atoms with Crippen LogP contribution in [0.25, 0.3) is 0 Å². The Morgan fingerprint density at radius 1 is 1.47 bits per heavy atom. The van der Waals surface area contributed by atoms with Crippen LogP contribution in [0.15, 0.2) is 11.4 Å². The van der Waals surface area contributed by atoms with Crippen molar-refractivity contribution in [2.75, 3.05) is 13.1 Å². The highest BCUT2D eigenvalue weighted by atomic mass is 32.1. The Morgan fingerprint density at radius 2 is 2.18 bits per heavy atom. The van der Waals surface area contributed by atoms with Crippen molar-refractivity contribution < 1.29 is 0 Å². The van der Waals surface area contributed by atoms with Crippen molar-refractivity contribution in [2.45, 2.75) is 45.7 Å². The molecule has 0 amide bonds. The molecule has 1 saturated carbocycles. The van der Waals surface area contributed by atoms with E-state index >= 15 is 0 Å². The van der Waals surface area contributed by atoms with E-state index in [0.29, 0.717) is 12.1 Å². The molecule has 2 N–H and O–H groups in total. The number of rotatable bonds is 6. The lowest BCUT2D eigenvalue weighted by Gasteiger charge is -2.34. The van der Waals surface area contributed by atoms with Gasteiger partial charge in [0.25, 0.3) is 0 Å². The number of hydrogen-bond donors (Lipinski definition) is 1. The van der Waals surface area contributed by atoms with Gasteiger partial charge in [0.15, 0.2) is 0 Å². The van der Waals surface area contributed by atoms with Gasteiger partial charge in [-0.05, 0) is 56.5 Å². The SMILES string of the molecule is Cc1ccsc1C(CN)N(CC1CC1)C(C)C. The van der Waals surface area contributed by atoms with E-state index in [4.69, 9.17) is 5.73 Å². The molecule has 0 aliphatic heterocycles. The predicted octanol–water partition coefficient (Wildman–Crippen LogP) is 3.18. The van der Waals surface area contributed by atoms with Crippen LogP contribution in [0.2, 0.25) is 0 Å². The lowest BCUT2D eigenvalue weighted by Crippen LogP contribution is -2.39. The van der Waals surface area contributed by atoms with E-state index in [0.717, 1.165) is 12.5 Å². The summed E-state index contributed by atoms with van der Waals surface area (Å²) in [6.07, 6.45) is 2.81. The summed E-state index contributed by atoms with van der Waals surface area (Å²) in [5.74, 6) is 0.923. The van der Waals surface area contributed by atoms with Crippen molar-refractivity contribution in [3.8, 4) is 0 Å². The summed E-state index contributed by atoms with van der Waals surface area (Å²) in [4.78, 5) is 4.05. The molecule has 1 atom stereocenters. The minimum Gasteiger partial charge on any atom is -0.329 e. The van der Waals surface area contributed by atoms with Crippen molar-refractivity contribution in [3.05, 3.63) is 21.9 Å². The molecule has 0 bridgehead atoms. The second kappa shape index (κ2) is 5.51. The first-order valence-electron chi connectivity index (χ1n) is 6.63. The average Bonchev–Trinajstić information content (AvgIpc) is 3.01. The maximum absolute atomic E-state index is 6.03. The largest absolute Gasteiger partial charge is 0.329 e. The summed E-state index contributed by atoms with van der Waals surface area (Å²) in [5.41, 5.74) is 7.43. The van der Waals surface area contributed by atoms with Crippen LogP contribution in [0.5, 0.6) is 0 Å². The molecule has 17 heavy (non-hydrogen) atoms. The summed E-state index contributed by atoms with van der Waals surface area (Å²) in [6.45, 7) is 8.72. The number of thiophene rings is 1. The summed E-state index contributed by atoms with van der Waals surface area (Å²) in [6, 6.07) is 3.19. The quantitative estimate of drug-likeness (QED) is 0.842. The number of nitrogens with zero attached hydrogens (tertiary/aromatic N) is 1. The number of hydrogen-bond acceptors (Lipinski definition) is 3. The first-order chi connectivity index (χ1) is 8.13. The summed E-state index contributed by atoms with van der Waals surface area (Å²) in [5, 5.41) is 2.18. The fourth-order valence-corrected chi connectivity index (χ4v) is 3.48. The van der Waals surface area contributed by atoms with Crippen LogP contribution in [0.3, 0.4) is 0 Å². The van der Waals surface area contributed by atoms with Crippen LogP contribution in [0, 0.1) is 12.8 Å². The van der Waals surface area contributed by atoms with Gasteiger partial charge < -0.3 is 5.73 Å². The first kappa shape index (κ1) is 13.1. The van der Waals surface area contributed by atoms with E-state index in [1.54, 1.807) is 0 Å². The van der Waals surface area contributed by atoms with Crippen LogP contribution in [-0.2, 0) is 0 Å². The lowest BCUT2D eigenvalue weighted by molar-refractivity contribution is 0.151. The molecule has 3 heteroatoms. The smallest absolute Gasteiger partial charge is 0.0569 e. The Balaban J connectivity index is 2.15. The molecule has 0 saturated heterocycles. The van der Waals surface area contributed by atoms with Gasteiger partial charge in [0, 0.05) is 24.0 Å². The molecule has 1 aliphatic carbocycles. The highest BCUT2D eigenvalue weighted by Gasteiger charge is 2.30. The lowest BCUT2D eigenvalue weighted by atomic mass is 10.1. The summed E-state index contributed by atoms with van der Waals surface area (Å²) >= 11 is 1.85. The van der Waals surface area contributed by atoms with Gasteiger partial charge in [-0.15, -0.1) is 11.3 Å². The first-order valence-corrected chi connectivity index (χ1v) is 7.51. The molecular weight excluding hydrogens is 228 g/mol. The molecule has 1 aromatic heterocycles. The Kier molecular flexibility index (Phi) is 4.23. The Morgan fingerprint density at radius 3 is 2.59 bits per heavy atom. The van der Waals surface area contributed by atoms with Gasteiger partial charge in [-0.25, -0.2) is 0 Å². The van der Waals surface area contributed by atoms with Crippen molar-refractivity contribution >= 4 is 11.3 Å². The van der Waals surface area contributed by atoms with Crippen LogP contribution >= 0.6 is 11.3 Å². The average molecular weight is 252 g/mol. The van der Waals surface area contributed by atoms with Crippen LogP contribution < -0.4 is 5.73 Å². The standard InChI is InChI=1S/C14H24N2S/c1-10(2)16(9-12-4-5-12)13(8-15)14-11(3)6-7-17-14/h6-7,10,12-13H,4-5,8-9,15H2,1-3H3. The minimum atomic E-state index is 0.413. The fourth-order valence-electron chi connectivity index (χ4n) is 2.42. The van der Waals surface area contributed by atoms with Gasteiger partial charge in [-0.2, -0.15) is 0 Å². The topological polar surface area (TPSA) is 29.3 Å². The summed E-state index contributed by atoms with van der Waals surface area (Å²) < 4.78 is 0. The zero-order valence-electron chi connectivity index (χ0n) is 11.1. The molecule has 1 aromatic rings. The van der Waals surface area contributed by atoms with Crippen molar-refractivity contribution in [1.82, 2.24) is 4.90 Å². The second-order valence-corrected chi connectivity index (χ2v) is 6.40. The maximum atomic E-state index is 6.03. The van der Waals surface area contributed by atoms with E-state index < -0.39 is 0 Å². The maximum Gasteiger partial charge on any atom is 0.0569 e. The molecule has 1 heterocycles. The number of nitrogens with two attached hydrogens (primary N) is 1. The van der Waals surface area contributed by atoms with E-state index in [2.05, 4.69) is 37.1 Å². The molecule has 1 fully saturated rings. The zero-order chi connectivity index (χ0) is 12.4. The van der Waals surface area contributed by atoms with Crippen LogP contribution in [-0.4, -0.2) is 24.0 Å². The van der Waals surface area contributed by atoms with Gasteiger partial charge in [0.05, 0.1) is 6.04 Å². The van der Waals surface area contributed by atoms with Gasteiger partial charge in [0.2, 0.25) is 0 Å². The van der Waals surface area contributed by atoms with E-state index in [1.165, 1.54) is 29.8 Å². The molecular formula is C14H24N2S. The third-order valence-corrected chi connectivity index (χ3v) is 4.78. The second-order valence-electron chi connectivity index (χ2n) is 5.45. The van der Waals surface area contributed by atoms with Crippen LogP contribution in [0.1, 0.15) is 43.2 Å². The zero-order valence-corrected chi connectivity index (χ0v) is 12.0. The molecule has 2 nitrogen and oxygen atoms in total. The van der Waals surface area contributed by atoms with Crippen LogP contribution in [0.4, 0.5) is 0 Å².